The lowest BCUT2D eigenvalue weighted by Crippen LogP contribution is -2.20. The molecule has 162 valence electrons. The molecule has 4 aromatic rings. The second-order valence-electron chi connectivity index (χ2n) is 7.71. The maximum atomic E-state index is 12.9. The van der Waals surface area contributed by atoms with Gasteiger partial charge in [-0.2, -0.15) is 0 Å². The Morgan fingerprint density at radius 1 is 1.06 bits per heavy atom. The summed E-state index contributed by atoms with van der Waals surface area (Å²) < 4.78 is 30.8. The normalized spacial score (nSPS) is 12.3. The summed E-state index contributed by atoms with van der Waals surface area (Å²) in [6.45, 7) is 1.90. The monoisotopic (exact) mass is 432 g/mol. The van der Waals surface area contributed by atoms with Gasteiger partial charge in [-0.1, -0.05) is 36.3 Å². The largest absolute Gasteiger partial charge is 0.487 e. The molecule has 0 saturated carbocycles. The molecule has 1 heterocycles. The van der Waals surface area contributed by atoms with Crippen LogP contribution >= 0.6 is 0 Å². The third-order valence-electron chi connectivity index (χ3n) is 4.88. The Bertz CT molecular complexity index is 1290. The third kappa shape index (κ3) is 5.13. The lowest BCUT2D eigenvalue weighted by molar-refractivity contribution is -0.0229. The minimum atomic E-state index is -2.88. The molecule has 0 bridgehead atoms. The van der Waals surface area contributed by atoms with E-state index in [4.69, 9.17) is 4.74 Å². The van der Waals surface area contributed by atoms with E-state index in [0.29, 0.717) is 17.1 Å². The molecule has 0 radical (unpaired) electrons. The highest BCUT2D eigenvalue weighted by molar-refractivity contribution is 5.83. The number of nitrogens with one attached hydrogen (secondary N) is 1. The predicted molar refractivity (Wildman–Crippen MR) is 121 cm³/mol. The summed E-state index contributed by atoms with van der Waals surface area (Å²) in [6, 6.07) is 20.3. The summed E-state index contributed by atoms with van der Waals surface area (Å²) in [5, 5.41) is 10.1. The molecule has 4 nitrogen and oxygen atoms in total. The molecule has 1 aromatic heterocycles. The van der Waals surface area contributed by atoms with Crippen LogP contribution in [0, 0.1) is 11.8 Å². The van der Waals surface area contributed by atoms with Crippen LogP contribution in [0.5, 0.6) is 5.75 Å². The number of rotatable bonds is 5. The molecule has 1 unspecified atom stereocenters. The van der Waals surface area contributed by atoms with Crippen LogP contribution in [0.3, 0.4) is 0 Å². The predicted octanol–water partition coefficient (Wildman–Crippen LogP) is 5.72. The molecule has 0 aliphatic carbocycles. The fourth-order valence-electron chi connectivity index (χ4n) is 3.34. The molecule has 2 N–H and O–H groups in total. The van der Waals surface area contributed by atoms with Crippen LogP contribution in [0.4, 0.5) is 8.78 Å². The van der Waals surface area contributed by atoms with Crippen LogP contribution in [-0.4, -0.2) is 27.6 Å². The van der Waals surface area contributed by atoms with Crippen LogP contribution in [0.25, 0.3) is 22.2 Å². The van der Waals surface area contributed by atoms with E-state index >= 15 is 0 Å². The van der Waals surface area contributed by atoms with Crippen LogP contribution in [0.2, 0.25) is 0 Å². The Morgan fingerprint density at radius 2 is 1.81 bits per heavy atom. The summed E-state index contributed by atoms with van der Waals surface area (Å²) in [4.78, 5) is 7.73. The van der Waals surface area contributed by atoms with Crippen LogP contribution in [0.15, 0.2) is 66.7 Å². The standard InChI is InChI=1S/C26H22F2N2O2/c1-17(31)21-5-3-4-6-22(21)19-10-13-23-24(15-19)30-25(29-23)14-9-18-7-11-20(12-8-18)32-16-26(2,27)28/h3-8,10-13,15,17,31H,16H2,1-2H3,(H,29,30). The Hall–Kier alpha value is -3.69. The number of benzene rings is 3. The fraction of sp³-hybridized carbons (Fsp3) is 0.192. The van der Waals surface area contributed by atoms with Crippen molar-refractivity contribution in [2.45, 2.75) is 25.9 Å². The van der Waals surface area contributed by atoms with E-state index < -0.39 is 18.6 Å². The van der Waals surface area contributed by atoms with Gasteiger partial charge in [0, 0.05) is 12.5 Å². The van der Waals surface area contributed by atoms with Gasteiger partial charge in [0.2, 0.25) is 0 Å². The molecule has 0 aliphatic heterocycles. The van der Waals surface area contributed by atoms with Gasteiger partial charge in [0.05, 0.1) is 17.1 Å². The van der Waals surface area contributed by atoms with Gasteiger partial charge >= 0.3 is 0 Å². The topological polar surface area (TPSA) is 58.1 Å². The Kier molecular flexibility index (Phi) is 5.93. The molecule has 32 heavy (non-hydrogen) atoms. The fourth-order valence-corrected chi connectivity index (χ4v) is 3.34. The second-order valence-corrected chi connectivity index (χ2v) is 7.71. The number of aliphatic hydroxyl groups is 1. The number of alkyl halides is 2. The van der Waals surface area contributed by atoms with Gasteiger partial charge in [-0.15, -0.1) is 0 Å². The van der Waals surface area contributed by atoms with Gasteiger partial charge in [0.25, 0.3) is 5.92 Å². The van der Waals surface area contributed by atoms with Gasteiger partial charge in [-0.3, -0.25) is 0 Å². The van der Waals surface area contributed by atoms with Gasteiger partial charge in [0.1, 0.15) is 5.75 Å². The number of ether oxygens (including phenoxy) is 1. The molecule has 4 rings (SSSR count). The Balaban J connectivity index is 1.54. The van der Waals surface area contributed by atoms with E-state index in [2.05, 4.69) is 21.8 Å². The average molecular weight is 432 g/mol. The number of hydrogen-bond acceptors (Lipinski definition) is 3. The Morgan fingerprint density at radius 3 is 2.53 bits per heavy atom. The minimum Gasteiger partial charge on any atom is -0.487 e. The molecular formula is C26H22F2N2O2. The third-order valence-corrected chi connectivity index (χ3v) is 4.88. The van der Waals surface area contributed by atoms with E-state index in [-0.39, 0.29) is 0 Å². The highest BCUT2D eigenvalue weighted by atomic mass is 19.3. The number of H-pyrrole nitrogens is 1. The lowest BCUT2D eigenvalue weighted by Gasteiger charge is -2.11. The highest BCUT2D eigenvalue weighted by Crippen LogP contribution is 2.30. The van der Waals surface area contributed by atoms with Crippen molar-refractivity contribution in [3.8, 4) is 28.7 Å². The number of aliphatic hydroxyl groups excluding tert-OH is 1. The zero-order chi connectivity index (χ0) is 22.7. The first-order valence-corrected chi connectivity index (χ1v) is 10.2. The lowest BCUT2D eigenvalue weighted by atomic mass is 9.96. The first-order valence-electron chi connectivity index (χ1n) is 10.2. The number of fused-ring (bicyclic) bond motifs is 1. The smallest absolute Gasteiger partial charge is 0.278 e. The molecule has 0 amide bonds. The SMILES string of the molecule is CC(O)c1ccccc1-c1ccc2nc(C#Cc3ccc(OCC(C)(F)F)cc3)[nH]c2c1. The number of nitrogens with zero attached hydrogens (tertiary/aromatic N) is 1. The van der Waals surface area contributed by atoms with Crippen molar-refractivity contribution in [2.24, 2.45) is 0 Å². The molecule has 0 spiro atoms. The van der Waals surface area contributed by atoms with Crippen LogP contribution in [0.1, 0.15) is 36.9 Å². The molecule has 0 saturated heterocycles. The molecular weight excluding hydrogens is 410 g/mol. The maximum Gasteiger partial charge on any atom is 0.278 e. The van der Waals surface area contributed by atoms with E-state index in [1.54, 1.807) is 31.2 Å². The quantitative estimate of drug-likeness (QED) is 0.397. The molecule has 3 aromatic carbocycles. The van der Waals surface area contributed by atoms with Crippen molar-refractivity contribution in [3.63, 3.8) is 0 Å². The van der Waals surface area contributed by atoms with E-state index in [0.717, 1.165) is 34.6 Å². The molecule has 1 atom stereocenters. The minimum absolute atomic E-state index is 0.367. The maximum absolute atomic E-state index is 12.9. The van der Waals surface area contributed by atoms with Crippen molar-refractivity contribution < 1.29 is 18.6 Å². The zero-order valence-electron chi connectivity index (χ0n) is 17.7. The van der Waals surface area contributed by atoms with Gasteiger partial charge in [-0.05, 0) is 65.9 Å². The van der Waals surface area contributed by atoms with Crippen molar-refractivity contribution >= 4 is 11.0 Å². The number of aromatic nitrogens is 2. The van der Waals surface area contributed by atoms with Crippen LogP contribution in [-0.2, 0) is 0 Å². The summed E-state index contributed by atoms with van der Waals surface area (Å²) >= 11 is 0. The van der Waals surface area contributed by atoms with Crippen LogP contribution < -0.4 is 4.74 Å². The molecule has 6 heteroatoms. The second kappa shape index (κ2) is 8.81. The van der Waals surface area contributed by atoms with Crippen molar-refractivity contribution in [3.05, 3.63) is 83.7 Å². The zero-order valence-corrected chi connectivity index (χ0v) is 17.7. The van der Waals surface area contributed by atoms with E-state index in [9.17, 15) is 13.9 Å². The van der Waals surface area contributed by atoms with E-state index in [1.165, 1.54) is 0 Å². The number of imidazole rings is 1. The van der Waals surface area contributed by atoms with Crippen molar-refractivity contribution in [1.29, 1.82) is 0 Å². The Labute approximate surface area is 184 Å². The first-order chi connectivity index (χ1) is 15.3. The summed E-state index contributed by atoms with van der Waals surface area (Å²) in [7, 11) is 0. The first kappa shape index (κ1) is 21.5. The number of halogens is 2. The molecule has 0 aliphatic rings. The summed E-state index contributed by atoms with van der Waals surface area (Å²) in [6.07, 6.45) is -0.569. The van der Waals surface area contributed by atoms with Gasteiger partial charge in [-0.25, -0.2) is 13.8 Å². The number of hydrogen-bond donors (Lipinski definition) is 2. The number of aromatic amines is 1. The van der Waals surface area contributed by atoms with E-state index in [1.807, 2.05) is 42.5 Å². The average Bonchev–Trinajstić information content (AvgIpc) is 3.18. The highest BCUT2D eigenvalue weighted by Gasteiger charge is 2.21. The van der Waals surface area contributed by atoms with Crippen molar-refractivity contribution in [1.82, 2.24) is 9.97 Å². The van der Waals surface area contributed by atoms with Gasteiger partial charge < -0.3 is 14.8 Å². The summed E-state index contributed by atoms with van der Waals surface area (Å²) in [5.74, 6) is 4.02. The van der Waals surface area contributed by atoms with Crippen molar-refractivity contribution in [2.75, 3.05) is 6.61 Å². The molecule has 0 fully saturated rings. The van der Waals surface area contributed by atoms with Gasteiger partial charge in [0.15, 0.2) is 12.4 Å². The summed E-state index contributed by atoms with van der Waals surface area (Å²) in [5.41, 5.74) is 5.16.